The molecule has 2 rings (SSSR count). The first-order valence-corrected chi connectivity index (χ1v) is 11.2. The van der Waals surface area contributed by atoms with Crippen LogP contribution in [0.15, 0.2) is 0 Å². The molecule has 162 valence electrons. The molecule has 0 unspecified atom stereocenters. The number of rotatable bonds is 8. The van der Waals surface area contributed by atoms with Crippen molar-refractivity contribution in [1.29, 1.82) is 21.0 Å². The first kappa shape index (κ1) is 24.2. The molecule has 1 aliphatic heterocycles. The van der Waals surface area contributed by atoms with Crippen molar-refractivity contribution in [2.24, 2.45) is 10.8 Å². The number of hydrogen-bond acceptors (Lipinski definition) is 6. The second-order valence-electron chi connectivity index (χ2n) is 10.3. The van der Waals surface area contributed by atoms with E-state index in [1.807, 2.05) is 0 Å². The summed E-state index contributed by atoms with van der Waals surface area (Å²) in [5, 5.41) is 45.8. The molecule has 0 aromatic heterocycles. The molecular weight excluding hydrogens is 372 g/mol. The van der Waals surface area contributed by atoms with Crippen molar-refractivity contribution in [2.45, 2.75) is 115 Å². The molecule has 1 saturated carbocycles. The molecule has 2 aliphatic rings. The van der Waals surface area contributed by atoms with Gasteiger partial charge in [-0.25, -0.2) is 0 Å². The molecule has 0 amide bonds. The Labute approximate surface area is 182 Å². The predicted octanol–water partition coefficient (Wildman–Crippen LogP) is 4.80. The van der Waals surface area contributed by atoms with Gasteiger partial charge in [0.15, 0.2) is 0 Å². The number of hydrogen-bond donors (Lipinski definition) is 2. The van der Waals surface area contributed by atoms with Crippen LogP contribution in [0.2, 0.25) is 0 Å². The highest BCUT2D eigenvalue weighted by atomic mass is 15.4. The van der Waals surface area contributed by atoms with E-state index in [4.69, 9.17) is 0 Å². The van der Waals surface area contributed by atoms with Crippen LogP contribution in [-0.2, 0) is 0 Å². The van der Waals surface area contributed by atoms with Crippen LogP contribution < -0.4 is 10.6 Å². The maximum absolute atomic E-state index is 9.44. The van der Waals surface area contributed by atoms with Crippen LogP contribution in [0.5, 0.6) is 0 Å². The first-order chi connectivity index (χ1) is 14.1. The molecule has 0 atom stereocenters. The van der Waals surface area contributed by atoms with Crippen molar-refractivity contribution in [3.8, 4) is 24.3 Å². The number of nitrogens with zero attached hydrogens (tertiary/aromatic N) is 4. The van der Waals surface area contributed by atoms with Gasteiger partial charge in [-0.1, -0.05) is 6.42 Å². The molecule has 6 nitrogen and oxygen atoms in total. The van der Waals surface area contributed by atoms with E-state index in [9.17, 15) is 21.0 Å². The zero-order chi connectivity index (χ0) is 22.5. The fraction of sp³-hybridized carbons (Fsp3) is 0.833. The summed E-state index contributed by atoms with van der Waals surface area (Å²) in [5.41, 5.74) is -1.58. The Morgan fingerprint density at radius 3 is 1.17 bits per heavy atom. The third-order valence-electron chi connectivity index (χ3n) is 8.33. The Bertz CT molecular complexity index is 680. The smallest absolute Gasteiger partial charge is 0.0813 e. The zero-order valence-electron chi connectivity index (χ0n) is 19.1. The maximum Gasteiger partial charge on any atom is 0.0813 e. The van der Waals surface area contributed by atoms with E-state index < -0.39 is 5.66 Å². The second-order valence-corrected chi connectivity index (χ2v) is 10.3. The maximum atomic E-state index is 9.44. The summed E-state index contributed by atoms with van der Waals surface area (Å²) >= 11 is 0. The average Bonchev–Trinajstić information content (AvgIpc) is 2.90. The molecule has 30 heavy (non-hydrogen) atoms. The Morgan fingerprint density at radius 2 is 0.900 bits per heavy atom. The lowest BCUT2D eigenvalue weighted by atomic mass is 9.49. The van der Waals surface area contributed by atoms with Crippen LogP contribution in [0.3, 0.4) is 0 Å². The Hall–Kier alpha value is -2.12. The summed E-state index contributed by atoms with van der Waals surface area (Å²) < 4.78 is 0. The van der Waals surface area contributed by atoms with Gasteiger partial charge >= 0.3 is 0 Å². The van der Waals surface area contributed by atoms with Gasteiger partial charge in [-0.2, -0.15) is 21.0 Å². The van der Waals surface area contributed by atoms with Crippen LogP contribution in [0.1, 0.15) is 98.3 Å². The van der Waals surface area contributed by atoms with Gasteiger partial charge in [-0.3, -0.25) is 10.6 Å². The van der Waals surface area contributed by atoms with Crippen molar-refractivity contribution in [2.75, 3.05) is 0 Å². The van der Waals surface area contributed by atoms with E-state index in [2.05, 4.69) is 62.6 Å². The van der Waals surface area contributed by atoms with E-state index in [0.29, 0.717) is 51.4 Å². The van der Waals surface area contributed by atoms with Crippen LogP contribution in [-0.4, -0.2) is 16.7 Å². The third-order valence-corrected chi connectivity index (χ3v) is 8.33. The zero-order valence-corrected chi connectivity index (χ0v) is 19.1. The van der Waals surface area contributed by atoms with Gasteiger partial charge in [0.25, 0.3) is 0 Å². The third kappa shape index (κ3) is 3.81. The molecule has 1 saturated heterocycles. The summed E-state index contributed by atoms with van der Waals surface area (Å²) in [5.74, 6) is 0. The molecule has 0 aromatic rings. The van der Waals surface area contributed by atoms with Gasteiger partial charge in [-0.15, -0.1) is 0 Å². The normalized spacial score (nSPS) is 24.3. The van der Waals surface area contributed by atoms with Gasteiger partial charge in [0.05, 0.1) is 29.9 Å². The molecule has 6 heteroatoms. The van der Waals surface area contributed by atoms with Crippen molar-refractivity contribution in [1.82, 2.24) is 10.6 Å². The lowest BCUT2D eigenvalue weighted by molar-refractivity contribution is -0.113. The van der Waals surface area contributed by atoms with Crippen LogP contribution in [0.25, 0.3) is 0 Å². The van der Waals surface area contributed by atoms with Crippen LogP contribution in [0, 0.1) is 56.2 Å². The quantitative estimate of drug-likeness (QED) is 0.595. The van der Waals surface area contributed by atoms with Crippen molar-refractivity contribution in [3.63, 3.8) is 0 Å². The fourth-order valence-electron chi connectivity index (χ4n) is 6.19. The van der Waals surface area contributed by atoms with Crippen LogP contribution >= 0.6 is 0 Å². The largest absolute Gasteiger partial charge is 0.292 e. The van der Waals surface area contributed by atoms with Crippen molar-refractivity contribution < 1.29 is 0 Å². The molecule has 2 fully saturated rings. The minimum atomic E-state index is -0.535. The molecular formula is C24H36N6. The van der Waals surface area contributed by atoms with Crippen molar-refractivity contribution in [3.05, 3.63) is 0 Å². The molecule has 1 spiro atoms. The second kappa shape index (κ2) is 8.94. The lowest BCUT2D eigenvalue weighted by Gasteiger charge is -2.63. The lowest BCUT2D eigenvalue weighted by Crippen LogP contribution is -2.74. The molecule has 0 aromatic carbocycles. The van der Waals surface area contributed by atoms with Crippen molar-refractivity contribution >= 4 is 0 Å². The molecule has 1 aliphatic carbocycles. The van der Waals surface area contributed by atoms with Gasteiger partial charge in [0.2, 0.25) is 0 Å². The molecule has 2 N–H and O–H groups in total. The van der Waals surface area contributed by atoms with Gasteiger partial charge < -0.3 is 0 Å². The predicted molar refractivity (Wildman–Crippen MR) is 115 cm³/mol. The Morgan fingerprint density at radius 1 is 0.600 bits per heavy atom. The molecule has 0 radical (unpaired) electrons. The highest BCUT2D eigenvalue weighted by Crippen LogP contribution is 2.63. The highest BCUT2D eigenvalue weighted by Gasteiger charge is 2.70. The molecule has 0 bridgehead atoms. The van der Waals surface area contributed by atoms with E-state index >= 15 is 0 Å². The highest BCUT2D eigenvalue weighted by molar-refractivity contribution is 5.26. The average molecular weight is 409 g/mol. The van der Waals surface area contributed by atoms with Gasteiger partial charge in [0, 0.05) is 47.6 Å². The minimum absolute atomic E-state index is 0.237. The Balaban J connectivity index is 2.75. The Kier molecular flexibility index (Phi) is 7.20. The number of nitrogens with one attached hydrogen (secondary N) is 2. The van der Waals surface area contributed by atoms with E-state index in [-0.39, 0.29) is 21.9 Å². The summed E-state index contributed by atoms with van der Waals surface area (Å²) in [7, 11) is 0. The minimum Gasteiger partial charge on any atom is -0.292 e. The summed E-state index contributed by atoms with van der Waals surface area (Å²) in [6, 6.07) is 9.34. The summed E-state index contributed by atoms with van der Waals surface area (Å²) in [4.78, 5) is 0. The van der Waals surface area contributed by atoms with Gasteiger partial charge in [-0.05, 0) is 66.2 Å². The first-order valence-electron chi connectivity index (χ1n) is 11.2. The topological polar surface area (TPSA) is 119 Å². The fourth-order valence-corrected chi connectivity index (χ4v) is 6.19. The van der Waals surface area contributed by atoms with Crippen LogP contribution in [0.4, 0.5) is 0 Å². The van der Waals surface area contributed by atoms with E-state index in [1.165, 1.54) is 0 Å². The van der Waals surface area contributed by atoms with Gasteiger partial charge in [0.1, 0.15) is 0 Å². The standard InChI is InChI=1S/C24H36N6/c1-20(2)21(3,4)30-24(29-20)22(12-6-16-25,13-7-17-26)10-5-11-23(24,14-8-18-27)15-9-19-28/h29-30H,5-15H2,1-4H3. The van der Waals surface area contributed by atoms with E-state index in [1.54, 1.807) is 0 Å². The molecule has 1 heterocycles. The summed E-state index contributed by atoms with van der Waals surface area (Å²) in [6.07, 6.45) is 7.42. The summed E-state index contributed by atoms with van der Waals surface area (Å²) in [6.45, 7) is 8.79. The monoisotopic (exact) mass is 408 g/mol. The number of nitriles is 4. The SMILES string of the molecule is CC1(C)NC2(NC1(C)C)C(CCC#N)(CCC#N)CCCC2(CCC#N)CCC#N. The van der Waals surface area contributed by atoms with E-state index in [0.717, 1.165) is 19.3 Å².